The number of amides is 1. The summed E-state index contributed by atoms with van der Waals surface area (Å²) in [5, 5.41) is 16.2. The predicted octanol–water partition coefficient (Wildman–Crippen LogP) is 2.88. The first kappa shape index (κ1) is 19.1. The van der Waals surface area contributed by atoms with Crippen LogP contribution in [0.2, 0.25) is 0 Å². The average molecular weight is 391 g/mol. The van der Waals surface area contributed by atoms with Gasteiger partial charge in [0, 0.05) is 18.1 Å². The number of hydrogen-bond acceptors (Lipinski definition) is 6. The lowest BCUT2D eigenvalue weighted by molar-refractivity contribution is 0.0526. The Labute approximate surface area is 160 Å². The molecule has 1 aliphatic rings. The van der Waals surface area contributed by atoms with E-state index in [0.29, 0.717) is 10.6 Å². The van der Waals surface area contributed by atoms with Crippen LogP contribution in [0, 0.1) is 0 Å². The molecule has 9 heteroatoms. The number of aryl methyl sites for hydroxylation is 2. The number of carboxylic acid groups (broad SMARTS) is 1. The Morgan fingerprint density at radius 3 is 2.74 bits per heavy atom. The zero-order valence-corrected chi connectivity index (χ0v) is 16.0. The summed E-state index contributed by atoms with van der Waals surface area (Å²) in [6, 6.07) is 0. The monoisotopic (exact) mass is 391 g/mol. The number of carboxylic acids is 1. The van der Waals surface area contributed by atoms with Crippen LogP contribution in [-0.4, -0.2) is 39.3 Å². The smallest absolute Gasteiger partial charge is 0.357 e. The van der Waals surface area contributed by atoms with E-state index in [9.17, 15) is 19.5 Å². The third-order valence-electron chi connectivity index (χ3n) is 4.40. The van der Waals surface area contributed by atoms with E-state index in [1.165, 1.54) is 22.2 Å². The topological polar surface area (TPSA) is 111 Å². The standard InChI is InChI=1S/C18H21N3O5S/c1-3-26-18(25)13-10-7-5-4-6-8-12(10)27-16(13)19-15(22)11-9-21(2)20-14(11)17(23)24/h9H,3-8H2,1-2H3,(H,19,22)(H,23,24). The molecule has 0 unspecified atom stereocenters. The summed E-state index contributed by atoms with van der Waals surface area (Å²) in [4.78, 5) is 37.6. The van der Waals surface area contributed by atoms with E-state index in [1.54, 1.807) is 14.0 Å². The molecule has 0 fully saturated rings. The van der Waals surface area contributed by atoms with E-state index in [2.05, 4.69) is 10.4 Å². The molecule has 0 radical (unpaired) electrons. The van der Waals surface area contributed by atoms with Crippen LogP contribution in [0.5, 0.6) is 0 Å². The number of thiophene rings is 1. The summed E-state index contributed by atoms with van der Waals surface area (Å²) in [5.41, 5.74) is 0.956. The first-order valence-corrected chi connectivity index (χ1v) is 9.64. The second kappa shape index (κ2) is 7.91. The van der Waals surface area contributed by atoms with E-state index in [4.69, 9.17) is 4.74 Å². The second-order valence-corrected chi connectivity index (χ2v) is 7.42. The third-order valence-corrected chi connectivity index (χ3v) is 5.61. The first-order valence-electron chi connectivity index (χ1n) is 8.82. The predicted molar refractivity (Wildman–Crippen MR) is 99.7 cm³/mol. The van der Waals surface area contributed by atoms with Crippen molar-refractivity contribution in [2.45, 2.75) is 39.0 Å². The number of aromatic carboxylic acids is 1. The zero-order valence-electron chi connectivity index (χ0n) is 15.2. The van der Waals surface area contributed by atoms with Gasteiger partial charge in [-0.15, -0.1) is 11.3 Å². The summed E-state index contributed by atoms with van der Waals surface area (Å²) in [6.07, 6.45) is 6.09. The van der Waals surface area contributed by atoms with Crippen molar-refractivity contribution < 1.29 is 24.2 Å². The Morgan fingerprint density at radius 2 is 2.04 bits per heavy atom. The number of rotatable bonds is 5. The summed E-state index contributed by atoms with van der Waals surface area (Å²) in [7, 11) is 1.54. The zero-order chi connectivity index (χ0) is 19.6. The molecule has 0 bridgehead atoms. The molecule has 27 heavy (non-hydrogen) atoms. The summed E-state index contributed by atoms with van der Waals surface area (Å²) < 4.78 is 6.47. The van der Waals surface area contributed by atoms with Crippen molar-refractivity contribution in [3.63, 3.8) is 0 Å². The number of anilines is 1. The van der Waals surface area contributed by atoms with Gasteiger partial charge in [-0.05, 0) is 38.2 Å². The molecule has 3 rings (SSSR count). The molecule has 0 saturated heterocycles. The van der Waals surface area contributed by atoms with Crippen molar-refractivity contribution in [3.05, 3.63) is 33.5 Å². The Bertz CT molecular complexity index is 899. The van der Waals surface area contributed by atoms with Crippen molar-refractivity contribution in [2.24, 2.45) is 7.05 Å². The fraction of sp³-hybridized carbons (Fsp3) is 0.444. The summed E-state index contributed by atoms with van der Waals surface area (Å²) >= 11 is 1.37. The number of ether oxygens (including phenoxy) is 1. The molecule has 0 atom stereocenters. The van der Waals surface area contributed by atoms with Crippen LogP contribution in [0.15, 0.2) is 6.20 Å². The number of esters is 1. The third kappa shape index (κ3) is 3.87. The first-order chi connectivity index (χ1) is 12.9. The highest BCUT2D eigenvalue weighted by atomic mass is 32.1. The van der Waals surface area contributed by atoms with Crippen molar-refractivity contribution in [1.29, 1.82) is 0 Å². The van der Waals surface area contributed by atoms with Gasteiger partial charge in [-0.1, -0.05) is 6.42 Å². The molecular weight excluding hydrogens is 370 g/mol. The fourth-order valence-corrected chi connectivity index (χ4v) is 4.51. The van der Waals surface area contributed by atoms with Crippen molar-refractivity contribution in [1.82, 2.24) is 9.78 Å². The molecule has 0 aromatic carbocycles. The van der Waals surface area contributed by atoms with Crippen LogP contribution in [0.25, 0.3) is 0 Å². The summed E-state index contributed by atoms with van der Waals surface area (Å²) in [6.45, 7) is 1.97. The highest BCUT2D eigenvalue weighted by Crippen LogP contribution is 2.38. The van der Waals surface area contributed by atoms with Gasteiger partial charge in [-0.3, -0.25) is 9.48 Å². The molecule has 2 aromatic rings. The van der Waals surface area contributed by atoms with Gasteiger partial charge in [0.05, 0.1) is 17.7 Å². The van der Waals surface area contributed by atoms with E-state index in [1.807, 2.05) is 0 Å². The lowest BCUT2D eigenvalue weighted by Crippen LogP contribution is -2.17. The maximum absolute atomic E-state index is 12.7. The second-order valence-electron chi connectivity index (χ2n) is 6.31. The lowest BCUT2D eigenvalue weighted by Gasteiger charge is -2.08. The minimum absolute atomic E-state index is 0.0524. The van der Waals surface area contributed by atoms with E-state index >= 15 is 0 Å². The van der Waals surface area contributed by atoms with Crippen LogP contribution in [0.1, 0.15) is 67.8 Å². The van der Waals surface area contributed by atoms with E-state index in [0.717, 1.165) is 42.5 Å². The number of carbonyl (C=O) groups is 3. The van der Waals surface area contributed by atoms with Gasteiger partial charge in [0.25, 0.3) is 5.91 Å². The van der Waals surface area contributed by atoms with Gasteiger partial charge in [-0.2, -0.15) is 5.10 Å². The van der Waals surface area contributed by atoms with Crippen molar-refractivity contribution >= 4 is 34.2 Å². The Balaban J connectivity index is 1.98. The molecule has 0 aliphatic heterocycles. The van der Waals surface area contributed by atoms with Gasteiger partial charge >= 0.3 is 11.9 Å². The Morgan fingerprint density at radius 1 is 1.30 bits per heavy atom. The molecule has 2 aromatic heterocycles. The van der Waals surface area contributed by atoms with Gasteiger partial charge in [-0.25, -0.2) is 9.59 Å². The molecule has 144 valence electrons. The minimum atomic E-state index is -1.28. The summed E-state index contributed by atoms with van der Waals surface area (Å²) in [5.74, 6) is -2.35. The molecule has 0 spiro atoms. The van der Waals surface area contributed by atoms with Crippen LogP contribution < -0.4 is 5.32 Å². The van der Waals surface area contributed by atoms with Gasteiger partial charge in [0.15, 0.2) is 5.69 Å². The minimum Gasteiger partial charge on any atom is -0.476 e. The normalized spacial score (nSPS) is 13.6. The largest absolute Gasteiger partial charge is 0.476 e. The van der Waals surface area contributed by atoms with Crippen LogP contribution in [-0.2, 0) is 24.6 Å². The maximum Gasteiger partial charge on any atom is 0.357 e. The highest BCUT2D eigenvalue weighted by molar-refractivity contribution is 7.17. The number of nitrogens with one attached hydrogen (secondary N) is 1. The lowest BCUT2D eigenvalue weighted by atomic mass is 10.1. The molecule has 1 aliphatic carbocycles. The van der Waals surface area contributed by atoms with Crippen LogP contribution in [0.4, 0.5) is 5.00 Å². The molecule has 0 saturated carbocycles. The van der Waals surface area contributed by atoms with Gasteiger partial charge in [0.1, 0.15) is 5.00 Å². The van der Waals surface area contributed by atoms with Crippen molar-refractivity contribution in [3.8, 4) is 0 Å². The number of hydrogen-bond donors (Lipinski definition) is 2. The number of aromatic nitrogens is 2. The maximum atomic E-state index is 12.7. The number of nitrogens with zero attached hydrogens (tertiary/aromatic N) is 2. The highest BCUT2D eigenvalue weighted by Gasteiger charge is 2.28. The van der Waals surface area contributed by atoms with Crippen molar-refractivity contribution in [2.75, 3.05) is 11.9 Å². The van der Waals surface area contributed by atoms with Crippen LogP contribution in [0.3, 0.4) is 0 Å². The molecule has 8 nitrogen and oxygen atoms in total. The molecule has 1 amide bonds. The van der Waals surface area contributed by atoms with Gasteiger partial charge < -0.3 is 15.2 Å². The number of fused-ring (bicyclic) bond motifs is 1. The quantitative estimate of drug-likeness (QED) is 0.599. The molecule has 2 N–H and O–H groups in total. The number of carbonyl (C=O) groups excluding carboxylic acids is 2. The van der Waals surface area contributed by atoms with E-state index < -0.39 is 17.8 Å². The van der Waals surface area contributed by atoms with E-state index in [-0.39, 0.29) is 17.9 Å². The van der Waals surface area contributed by atoms with Gasteiger partial charge in [0.2, 0.25) is 0 Å². The SMILES string of the molecule is CCOC(=O)c1c(NC(=O)c2cn(C)nc2C(=O)O)sc2c1CCCCC2. The molecule has 2 heterocycles. The average Bonchev–Trinajstić information content (AvgIpc) is 3.08. The van der Waals surface area contributed by atoms with Crippen LogP contribution >= 0.6 is 11.3 Å². The fourth-order valence-electron chi connectivity index (χ4n) is 3.23. The Kier molecular flexibility index (Phi) is 5.59. The molecular formula is C18H21N3O5S. The Hall–Kier alpha value is -2.68.